The SMILES string of the molecule is CC(=O)N[C@@H]1CN(Cc2ccco2)C[C@H]1c1ccc(C)o1. The van der Waals surface area contributed by atoms with Gasteiger partial charge in [-0.3, -0.25) is 9.69 Å². The van der Waals surface area contributed by atoms with Crippen LogP contribution >= 0.6 is 0 Å². The second-order valence-electron chi connectivity index (χ2n) is 5.64. The minimum atomic E-state index is -0.00636. The number of nitrogens with one attached hydrogen (secondary N) is 1. The van der Waals surface area contributed by atoms with Crippen LogP contribution in [0.5, 0.6) is 0 Å². The van der Waals surface area contributed by atoms with E-state index in [1.54, 1.807) is 13.2 Å². The monoisotopic (exact) mass is 288 g/mol. The zero-order chi connectivity index (χ0) is 14.8. The summed E-state index contributed by atoms with van der Waals surface area (Å²) in [6, 6.07) is 7.91. The summed E-state index contributed by atoms with van der Waals surface area (Å²) in [6.07, 6.45) is 1.68. The van der Waals surface area contributed by atoms with Crippen molar-refractivity contribution in [2.24, 2.45) is 0 Å². The van der Waals surface area contributed by atoms with E-state index in [-0.39, 0.29) is 17.9 Å². The van der Waals surface area contributed by atoms with E-state index >= 15 is 0 Å². The first-order valence-electron chi connectivity index (χ1n) is 7.20. The van der Waals surface area contributed by atoms with Crippen molar-refractivity contribution in [2.45, 2.75) is 32.4 Å². The first-order valence-corrected chi connectivity index (χ1v) is 7.20. The average molecular weight is 288 g/mol. The molecule has 0 aliphatic carbocycles. The molecule has 3 rings (SSSR count). The van der Waals surface area contributed by atoms with Crippen LogP contribution < -0.4 is 5.32 Å². The number of likely N-dealkylation sites (tertiary alicyclic amines) is 1. The predicted octanol–water partition coefficient (Wildman–Crippen LogP) is 2.29. The maximum Gasteiger partial charge on any atom is 0.217 e. The molecule has 1 fully saturated rings. The van der Waals surface area contributed by atoms with Crippen molar-refractivity contribution in [1.29, 1.82) is 0 Å². The Morgan fingerprint density at radius 2 is 2.24 bits per heavy atom. The molecule has 2 aromatic rings. The first-order chi connectivity index (χ1) is 10.1. The van der Waals surface area contributed by atoms with E-state index in [1.165, 1.54) is 0 Å². The number of aryl methyl sites for hydroxylation is 1. The van der Waals surface area contributed by atoms with Gasteiger partial charge in [0.15, 0.2) is 0 Å². The molecule has 1 aliphatic rings. The number of carbonyl (C=O) groups is 1. The maximum absolute atomic E-state index is 11.4. The number of rotatable bonds is 4. The molecule has 2 atom stereocenters. The van der Waals surface area contributed by atoms with Crippen LogP contribution in [0.1, 0.15) is 30.1 Å². The molecule has 1 N–H and O–H groups in total. The van der Waals surface area contributed by atoms with Gasteiger partial charge in [0.1, 0.15) is 17.3 Å². The van der Waals surface area contributed by atoms with Crippen LogP contribution in [0.3, 0.4) is 0 Å². The zero-order valence-electron chi connectivity index (χ0n) is 12.3. The van der Waals surface area contributed by atoms with Gasteiger partial charge in [0, 0.05) is 20.0 Å². The van der Waals surface area contributed by atoms with Crippen LogP contribution in [0.2, 0.25) is 0 Å². The van der Waals surface area contributed by atoms with Crippen LogP contribution in [0.15, 0.2) is 39.4 Å². The van der Waals surface area contributed by atoms with Gasteiger partial charge in [-0.25, -0.2) is 0 Å². The molecule has 1 amide bonds. The van der Waals surface area contributed by atoms with Gasteiger partial charge < -0.3 is 14.2 Å². The molecule has 2 aromatic heterocycles. The van der Waals surface area contributed by atoms with Crippen LogP contribution in [-0.2, 0) is 11.3 Å². The summed E-state index contributed by atoms with van der Waals surface area (Å²) in [5.74, 6) is 2.95. The van der Waals surface area contributed by atoms with E-state index in [0.717, 1.165) is 36.9 Å². The number of hydrogen-bond acceptors (Lipinski definition) is 4. The minimum absolute atomic E-state index is 0.00636. The highest BCUT2D eigenvalue weighted by molar-refractivity contribution is 5.73. The van der Waals surface area contributed by atoms with Crippen LogP contribution in [0.25, 0.3) is 0 Å². The molecule has 0 spiro atoms. The zero-order valence-corrected chi connectivity index (χ0v) is 12.3. The Morgan fingerprint density at radius 1 is 1.38 bits per heavy atom. The highest BCUT2D eigenvalue weighted by Crippen LogP contribution is 2.30. The molecule has 3 heterocycles. The lowest BCUT2D eigenvalue weighted by Crippen LogP contribution is -2.38. The molecule has 0 saturated carbocycles. The summed E-state index contributed by atoms with van der Waals surface area (Å²) in [6.45, 7) is 5.88. The van der Waals surface area contributed by atoms with Crippen LogP contribution in [0, 0.1) is 6.92 Å². The third-order valence-electron chi connectivity index (χ3n) is 3.87. The molecular formula is C16H20N2O3. The van der Waals surface area contributed by atoms with Gasteiger partial charge in [-0.1, -0.05) is 0 Å². The fourth-order valence-electron chi connectivity index (χ4n) is 2.99. The molecule has 1 saturated heterocycles. The smallest absolute Gasteiger partial charge is 0.217 e. The Labute approximate surface area is 123 Å². The summed E-state index contributed by atoms with van der Waals surface area (Å²) >= 11 is 0. The molecule has 0 unspecified atom stereocenters. The molecule has 0 aromatic carbocycles. The maximum atomic E-state index is 11.4. The Bertz CT molecular complexity index is 603. The van der Waals surface area contributed by atoms with Gasteiger partial charge in [0.25, 0.3) is 0 Å². The molecule has 0 radical (unpaired) electrons. The van der Waals surface area contributed by atoms with Crippen molar-refractivity contribution in [3.05, 3.63) is 47.8 Å². The van der Waals surface area contributed by atoms with E-state index in [0.29, 0.717) is 0 Å². The van der Waals surface area contributed by atoms with Gasteiger partial charge in [0.05, 0.1) is 24.8 Å². The van der Waals surface area contributed by atoms with Crippen molar-refractivity contribution in [3.8, 4) is 0 Å². The molecule has 5 heteroatoms. The van der Waals surface area contributed by atoms with Crippen molar-refractivity contribution in [2.75, 3.05) is 13.1 Å². The van der Waals surface area contributed by atoms with Gasteiger partial charge in [-0.05, 0) is 31.2 Å². The minimum Gasteiger partial charge on any atom is -0.468 e. The second-order valence-corrected chi connectivity index (χ2v) is 5.64. The lowest BCUT2D eigenvalue weighted by Gasteiger charge is -2.17. The lowest BCUT2D eigenvalue weighted by atomic mass is 10.0. The lowest BCUT2D eigenvalue weighted by molar-refractivity contribution is -0.119. The quantitative estimate of drug-likeness (QED) is 0.937. The summed E-state index contributed by atoms with van der Waals surface area (Å²) in [5, 5.41) is 3.04. The van der Waals surface area contributed by atoms with Crippen molar-refractivity contribution >= 4 is 5.91 Å². The fourth-order valence-corrected chi connectivity index (χ4v) is 2.99. The fraction of sp³-hybridized carbons (Fsp3) is 0.438. The van der Waals surface area contributed by atoms with Gasteiger partial charge in [-0.2, -0.15) is 0 Å². The molecule has 0 bridgehead atoms. The normalized spacial score (nSPS) is 22.6. The average Bonchev–Trinajstić information content (AvgIpc) is 3.11. The molecule has 21 heavy (non-hydrogen) atoms. The van der Waals surface area contributed by atoms with E-state index < -0.39 is 0 Å². The Kier molecular flexibility index (Phi) is 3.84. The number of furan rings is 2. The van der Waals surface area contributed by atoms with E-state index in [9.17, 15) is 4.79 Å². The van der Waals surface area contributed by atoms with Gasteiger partial charge in [-0.15, -0.1) is 0 Å². The Balaban J connectivity index is 1.74. The summed E-state index contributed by atoms with van der Waals surface area (Å²) in [5.41, 5.74) is 0. The summed E-state index contributed by atoms with van der Waals surface area (Å²) in [7, 11) is 0. The number of amides is 1. The van der Waals surface area contributed by atoms with E-state index in [1.807, 2.05) is 31.2 Å². The third kappa shape index (κ3) is 3.19. The first kappa shape index (κ1) is 13.9. The van der Waals surface area contributed by atoms with Crippen molar-refractivity contribution in [1.82, 2.24) is 10.2 Å². The third-order valence-corrected chi connectivity index (χ3v) is 3.87. The number of nitrogens with zero attached hydrogens (tertiary/aromatic N) is 1. The summed E-state index contributed by atoms with van der Waals surface area (Å²) in [4.78, 5) is 13.7. The second kappa shape index (κ2) is 5.77. The highest BCUT2D eigenvalue weighted by atomic mass is 16.3. The van der Waals surface area contributed by atoms with Crippen molar-refractivity contribution in [3.63, 3.8) is 0 Å². The summed E-state index contributed by atoms with van der Waals surface area (Å²) < 4.78 is 11.2. The largest absolute Gasteiger partial charge is 0.468 e. The molecule has 1 aliphatic heterocycles. The molecule has 112 valence electrons. The van der Waals surface area contributed by atoms with Crippen LogP contribution in [0.4, 0.5) is 0 Å². The van der Waals surface area contributed by atoms with Gasteiger partial charge >= 0.3 is 0 Å². The number of carbonyl (C=O) groups excluding carboxylic acids is 1. The Hall–Kier alpha value is -2.01. The topological polar surface area (TPSA) is 58.6 Å². The molecular weight excluding hydrogens is 268 g/mol. The van der Waals surface area contributed by atoms with E-state index in [2.05, 4.69) is 10.2 Å². The van der Waals surface area contributed by atoms with Gasteiger partial charge in [0.2, 0.25) is 5.91 Å². The molecule has 5 nitrogen and oxygen atoms in total. The Morgan fingerprint density at radius 3 is 2.86 bits per heavy atom. The predicted molar refractivity (Wildman–Crippen MR) is 77.8 cm³/mol. The van der Waals surface area contributed by atoms with Crippen LogP contribution in [-0.4, -0.2) is 29.9 Å². The number of hydrogen-bond donors (Lipinski definition) is 1. The highest BCUT2D eigenvalue weighted by Gasteiger charge is 2.36. The standard InChI is InChI=1S/C16H20N2O3/c1-11-5-6-16(21-11)14-9-18(8-13-4-3-7-20-13)10-15(14)17-12(2)19/h3-7,14-15H,8-10H2,1-2H3,(H,17,19)/t14-,15-/m1/s1. The van der Waals surface area contributed by atoms with Crippen molar-refractivity contribution < 1.29 is 13.6 Å². The van der Waals surface area contributed by atoms with E-state index in [4.69, 9.17) is 8.83 Å².